The number of ether oxygens (including phenoxy) is 1. The number of carbonyl (C=O) groups is 1. The number of fused-ring (bicyclic) bond motifs is 1. The van der Waals surface area contributed by atoms with Gasteiger partial charge in [0, 0.05) is 29.9 Å². The van der Waals surface area contributed by atoms with Crippen LogP contribution in [-0.4, -0.2) is 55.2 Å². The third kappa shape index (κ3) is 5.69. The minimum absolute atomic E-state index is 0.0507. The second-order valence-electron chi connectivity index (χ2n) is 7.08. The molecule has 2 heterocycles. The van der Waals surface area contributed by atoms with Gasteiger partial charge < -0.3 is 10.1 Å². The van der Waals surface area contributed by atoms with Gasteiger partial charge in [0.05, 0.1) is 30.0 Å². The van der Waals surface area contributed by atoms with Gasteiger partial charge in [-0.25, -0.2) is 4.98 Å². The molecule has 6 heteroatoms. The number of carbonyl (C=O) groups excluding carboxylic acids is 1. The Bertz CT molecular complexity index is 904. The average molecular weight is 412 g/mol. The summed E-state index contributed by atoms with van der Waals surface area (Å²) in [4.78, 5) is 21.2. The molecule has 1 aliphatic rings. The molecular weight excluding hydrogens is 382 g/mol. The van der Waals surface area contributed by atoms with E-state index in [2.05, 4.69) is 16.8 Å². The summed E-state index contributed by atoms with van der Waals surface area (Å²) in [7, 11) is 0. The Kier molecular flexibility index (Phi) is 7.86. The third-order valence-corrected chi connectivity index (χ3v) is 5.84. The van der Waals surface area contributed by atoms with E-state index in [4.69, 9.17) is 9.72 Å². The zero-order valence-electron chi connectivity index (χ0n) is 17.2. The molecule has 1 aromatic carbocycles. The number of pyridine rings is 1. The molecule has 1 saturated heterocycles. The molecule has 154 valence electrons. The average Bonchev–Trinajstić information content (AvgIpc) is 2.75. The van der Waals surface area contributed by atoms with Gasteiger partial charge in [-0.3, -0.25) is 9.69 Å². The van der Waals surface area contributed by atoms with Crippen molar-refractivity contribution in [1.29, 1.82) is 0 Å². The van der Waals surface area contributed by atoms with E-state index in [1.807, 2.05) is 44.2 Å². The van der Waals surface area contributed by atoms with Crippen molar-refractivity contribution in [2.75, 3.05) is 39.4 Å². The molecule has 1 fully saturated rings. The molecule has 0 atom stereocenters. The predicted octanol–water partition coefficient (Wildman–Crippen LogP) is 4.23. The van der Waals surface area contributed by atoms with Crippen molar-refractivity contribution in [3.8, 4) is 0 Å². The number of aryl methyl sites for hydroxylation is 1. The van der Waals surface area contributed by atoms with Crippen LogP contribution in [0.5, 0.6) is 0 Å². The number of thioether (sulfide) groups is 1. The van der Waals surface area contributed by atoms with Crippen molar-refractivity contribution < 1.29 is 9.53 Å². The topological polar surface area (TPSA) is 54.5 Å². The van der Waals surface area contributed by atoms with Crippen LogP contribution in [0.3, 0.4) is 0 Å². The van der Waals surface area contributed by atoms with E-state index >= 15 is 0 Å². The minimum Gasteiger partial charge on any atom is -0.379 e. The maximum absolute atomic E-state index is 13.0. The molecule has 1 N–H and O–H groups in total. The lowest BCUT2D eigenvalue weighted by molar-refractivity contribution is 0.0374. The van der Waals surface area contributed by atoms with Gasteiger partial charge in [-0.15, -0.1) is 0 Å². The van der Waals surface area contributed by atoms with E-state index in [0.717, 1.165) is 66.3 Å². The molecule has 1 amide bonds. The zero-order valence-corrected chi connectivity index (χ0v) is 18.1. The van der Waals surface area contributed by atoms with E-state index in [1.54, 1.807) is 5.41 Å². The van der Waals surface area contributed by atoms with Crippen molar-refractivity contribution in [1.82, 2.24) is 15.2 Å². The molecule has 0 spiro atoms. The summed E-state index contributed by atoms with van der Waals surface area (Å²) >= 11 is 1.51. The highest BCUT2D eigenvalue weighted by atomic mass is 32.2. The smallest absolute Gasteiger partial charge is 0.252 e. The molecule has 0 aliphatic carbocycles. The van der Waals surface area contributed by atoms with Gasteiger partial charge in [-0.05, 0) is 50.4 Å². The van der Waals surface area contributed by atoms with E-state index < -0.39 is 0 Å². The van der Waals surface area contributed by atoms with Crippen LogP contribution >= 0.6 is 11.8 Å². The first-order chi connectivity index (χ1) is 14.1. The summed E-state index contributed by atoms with van der Waals surface area (Å²) < 4.78 is 5.38. The van der Waals surface area contributed by atoms with Crippen LogP contribution in [0.15, 0.2) is 42.3 Å². The number of rotatable bonds is 8. The molecule has 0 radical (unpaired) electrons. The normalized spacial score (nSPS) is 15.4. The number of benzene rings is 1. The number of morpholine rings is 1. The van der Waals surface area contributed by atoms with Crippen LogP contribution in [0.4, 0.5) is 0 Å². The molecule has 3 rings (SSSR count). The van der Waals surface area contributed by atoms with Crippen LogP contribution in [0.25, 0.3) is 15.8 Å². The van der Waals surface area contributed by atoms with Crippen LogP contribution < -0.4 is 5.32 Å². The van der Waals surface area contributed by atoms with Gasteiger partial charge in [0.1, 0.15) is 0 Å². The summed E-state index contributed by atoms with van der Waals surface area (Å²) in [6.07, 6.45) is 2.92. The second-order valence-corrected chi connectivity index (χ2v) is 8.09. The van der Waals surface area contributed by atoms with Crippen molar-refractivity contribution in [2.24, 2.45) is 0 Å². The number of hydrogen-bond donors (Lipinski definition) is 1. The Hall–Kier alpha value is -2.15. The highest BCUT2D eigenvalue weighted by molar-refractivity contribution is 8.10. The van der Waals surface area contributed by atoms with Crippen LogP contribution in [0, 0.1) is 6.92 Å². The fourth-order valence-electron chi connectivity index (χ4n) is 3.44. The SMILES string of the molecule is C=CS/C(=C\C)c1cc(C(=O)NCCCN2CCOCC2)c2cc(C)ccc2n1. The van der Waals surface area contributed by atoms with E-state index in [-0.39, 0.29) is 5.91 Å². The van der Waals surface area contributed by atoms with Crippen molar-refractivity contribution >= 4 is 33.5 Å². The number of allylic oxidation sites excluding steroid dienone is 1. The monoisotopic (exact) mass is 411 g/mol. The molecule has 2 aromatic rings. The third-order valence-electron chi connectivity index (χ3n) is 4.97. The van der Waals surface area contributed by atoms with Crippen LogP contribution in [0.2, 0.25) is 0 Å². The first-order valence-electron chi connectivity index (χ1n) is 10.1. The molecule has 29 heavy (non-hydrogen) atoms. The molecule has 0 unspecified atom stereocenters. The summed E-state index contributed by atoms with van der Waals surface area (Å²) in [6, 6.07) is 7.93. The minimum atomic E-state index is -0.0507. The molecule has 1 aliphatic heterocycles. The summed E-state index contributed by atoms with van der Waals surface area (Å²) in [5.41, 5.74) is 3.41. The molecule has 5 nitrogen and oxygen atoms in total. The van der Waals surface area contributed by atoms with E-state index in [1.165, 1.54) is 11.8 Å². The fraction of sp³-hybridized carbons (Fsp3) is 0.391. The number of amides is 1. The Labute approximate surface area is 177 Å². The maximum atomic E-state index is 13.0. The Morgan fingerprint density at radius 3 is 2.86 bits per heavy atom. The Balaban J connectivity index is 1.77. The van der Waals surface area contributed by atoms with Crippen molar-refractivity contribution in [2.45, 2.75) is 20.3 Å². The summed E-state index contributed by atoms with van der Waals surface area (Å²) in [5, 5.41) is 5.76. The zero-order chi connectivity index (χ0) is 20.6. The highest BCUT2D eigenvalue weighted by Crippen LogP contribution is 2.30. The van der Waals surface area contributed by atoms with Gasteiger partial charge in [-0.2, -0.15) is 0 Å². The maximum Gasteiger partial charge on any atom is 0.252 e. The predicted molar refractivity (Wildman–Crippen MR) is 122 cm³/mol. The Morgan fingerprint density at radius 2 is 2.14 bits per heavy atom. The van der Waals surface area contributed by atoms with Gasteiger partial charge in [-0.1, -0.05) is 36.0 Å². The second kappa shape index (κ2) is 10.6. The lowest BCUT2D eigenvalue weighted by atomic mass is 10.0. The highest BCUT2D eigenvalue weighted by Gasteiger charge is 2.15. The largest absolute Gasteiger partial charge is 0.379 e. The molecule has 1 aromatic heterocycles. The standard InChI is InChI=1S/C23H29N3O2S/c1-4-22(29-5-2)21-16-19(18-15-17(3)7-8-20(18)25-21)23(27)24-9-6-10-26-11-13-28-14-12-26/h4-5,7-8,15-16H,2,6,9-14H2,1,3H3,(H,24,27)/b22-4-. The Morgan fingerprint density at radius 1 is 1.34 bits per heavy atom. The molecule has 0 bridgehead atoms. The van der Waals surface area contributed by atoms with E-state index in [0.29, 0.717) is 12.1 Å². The summed E-state index contributed by atoms with van der Waals surface area (Å²) in [5.74, 6) is -0.0507. The van der Waals surface area contributed by atoms with E-state index in [9.17, 15) is 4.79 Å². The van der Waals surface area contributed by atoms with Crippen molar-refractivity contribution in [3.63, 3.8) is 0 Å². The molecule has 0 saturated carbocycles. The lowest BCUT2D eigenvalue weighted by Gasteiger charge is -2.26. The van der Waals surface area contributed by atoms with Gasteiger partial charge in [0.2, 0.25) is 0 Å². The number of nitrogens with zero attached hydrogens (tertiary/aromatic N) is 2. The van der Waals surface area contributed by atoms with Crippen molar-refractivity contribution in [3.05, 3.63) is 59.1 Å². The lowest BCUT2D eigenvalue weighted by Crippen LogP contribution is -2.38. The number of aromatic nitrogens is 1. The van der Waals surface area contributed by atoms with Gasteiger partial charge in [0.15, 0.2) is 0 Å². The van der Waals surface area contributed by atoms with Gasteiger partial charge in [0.25, 0.3) is 5.91 Å². The first kappa shape index (κ1) is 21.6. The van der Waals surface area contributed by atoms with Gasteiger partial charge >= 0.3 is 0 Å². The quantitative estimate of drug-likeness (QED) is 0.659. The first-order valence-corrected chi connectivity index (χ1v) is 10.9. The fourth-order valence-corrected chi connectivity index (χ4v) is 3.99. The number of nitrogens with one attached hydrogen (secondary N) is 1. The summed E-state index contributed by atoms with van der Waals surface area (Å²) in [6.45, 7) is 13.0. The van der Waals surface area contributed by atoms with Crippen LogP contribution in [0.1, 0.15) is 35.0 Å². The molecular formula is C23H29N3O2S. The number of hydrogen-bond acceptors (Lipinski definition) is 5. The van der Waals surface area contributed by atoms with Crippen LogP contribution in [-0.2, 0) is 4.74 Å².